The molecule has 0 bridgehead atoms. The Kier molecular flexibility index (Phi) is 6.18. The molecule has 18 heavy (non-hydrogen) atoms. The molecule has 0 aromatic carbocycles. The average Bonchev–Trinajstić information content (AvgIpc) is 2.80. The van der Waals surface area contributed by atoms with Gasteiger partial charge in [-0.25, -0.2) is 0 Å². The largest absolute Gasteiger partial charge is 0.317 e. The lowest BCUT2D eigenvalue weighted by Crippen LogP contribution is -2.21. The minimum Gasteiger partial charge on any atom is -0.317 e. The third kappa shape index (κ3) is 4.38. The molecule has 0 unspecified atom stereocenters. The van der Waals surface area contributed by atoms with E-state index in [1.807, 2.05) is 11.3 Å². The smallest absolute Gasteiger partial charge is 0.0299 e. The highest BCUT2D eigenvalue weighted by molar-refractivity contribution is 7.12. The quantitative estimate of drug-likeness (QED) is 0.707. The van der Waals surface area contributed by atoms with Gasteiger partial charge in [-0.05, 0) is 69.8 Å². The first-order valence-electron chi connectivity index (χ1n) is 7.42. The first kappa shape index (κ1) is 14.0. The molecule has 0 spiro atoms. The summed E-state index contributed by atoms with van der Waals surface area (Å²) in [5.74, 6) is 0. The standard InChI is InChI=1S/C15H26N2S/c1-2-8-16-9-5-10-17-12-14-11-13-6-3-4-7-15(13)18-14/h11,16-17H,2-10,12H2,1H3. The maximum atomic E-state index is 3.56. The first-order chi connectivity index (χ1) is 8.90. The maximum absolute atomic E-state index is 3.56. The summed E-state index contributed by atoms with van der Waals surface area (Å²) in [7, 11) is 0. The molecule has 1 aliphatic carbocycles. The molecule has 2 N–H and O–H groups in total. The van der Waals surface area contributed by atoms with Crippen LogP contribution in [0.4, 0.5) is 0 Å². The van der Waals surface area contributed by atoms with Crippen molar-refractivity contribution >= 4 is 11.3 Å². The van der Waals surface area contributed by atoms with Gasteiger partial charge in [0.2, 0.25) is 0 Å². The summed E-state index contributed by atoms with van der Waals surface area (Å²) in [6.45, 7) is 6.69. The minimum absolute atomic E-state index is 1.06. The molecule has 1 aromatic rings. The van der Waals surface area contributed by atoms with Gasteiger partial charge in [-0.1, -0.05) is 6.92 Å². The van der Waals surface area contributed by atoms with Gasteiger partial charge in [0.15, 0.2) is 0 Å². The summed E-state index contributed by atoms with van der Waals surface area (Å²) in [5.41, 5.74) is 1.63. The van der Waals surface area contributed by atoms with Gasteiger partial charge in [-0.2, -0.15) is 0 Å². The maximum Gasteiger partial charge on any atom is 0.0299 e. The van der Waals surface area contributed by atoms with Gasteiger partial charge in [0.1, 0.15) is 0 Å². The number of thiophene rings is 1. The highest BCUT2D eigenvalue weighted by Gasteiger charge is 2.12. The van der Waals surface area contributed by atoms with E-state index < -0.39 is 0 Å². The third-order valence-corrected chi connectivity index (χ3v) is 4.72. The van der Waals surface area contributed by atoms with E-state index in [-0.39, 0.29) is 0 Å². The Hall–Kier alpha value is -0.380. The summed E-state index contributed by atoms with van der Waals surface area (Å²) >= 11 is 2.03. The van der Waals surface area contributed by atoms with Gasteiger partial charge in [0.25, 0.3) is 0 Å². The predicted molar refractivity (Wildman–Crippen MR) is 80.4 cm³/mol. The molecule has 0 atom stereocenters. The van der Waals surface area contributed by atoms with E-state index >= 15 is 0 Å². The van der Waals surface area contributed by atoms with Crippen molar-refractivity contribution in [2.24, 2.45) is 0 Å². The molecule has 102 valence electrons. The lowest BCUT2D eigenvalue weighted by molar-refractivity contribution is 0.594. The van der Waals surface area contributed by atoms with E-state index in [0.29, 0.717) is 0 Å². The van der Waals surface area contributed by atoms with Crippen molar-refractivity contribution in [3.05, 3.63) is 21.4 Å². The fourth-order valence-electron chi connectivity index (χ4n) is 2.49. The van der Waals surface area contributed by atoms with Crippen molar-refractivity contribution in [2.45, 2.75) is 52.0 Å². The fourth-order valence-corrected chi connectivity index (χ4v) is 3.72. The Labute approximate surface area is 115 Å². The lowest BCUT2D eigenvalue weighted by atomic mass is 9.99. The van der Waals surface area contributed by atoms with E-state index in [0.717, 1.165) is 26.2 Å². The molecule has 2 rings (SSSR count). The lowest BCUT2D eigenvalue weighted by Gasteiger charge is -2.08. The Bertz CT molecular complexity index is 323. The molecule has 1 heterocycles. The zero-order valence-corrected chi connectivity index (χ0v) is 12.4. The van der Waals surface area contributed by atoms with Crippen LogP contribution in [0.3, 0.4) is 0 Å². The number of hydrogen-bond acceptors (Lipinski definition) is 3. The summed E-state index contributed by atoms with van der Waals surface area (Å²) in [6, 6.07) is 2.43. The van der Waals surface area contributed by atoms with E-state index in [4.69, 9.17) is 0 Å². The Balaban J connectivity index is 1.60. The third-order valence-electron chi connectivity index (χ3n) is 3.48. The summed E-state index contributed by atoms with van der Waals surface area (Å²) < 4.78 is 0. The van der Waals surface area contributed by atoms with Crippen molar-refractivity contribution < 1.29 is 0 Å². The average molecular weight is 266 g/mol. The van der Waals surface area contributed by atoms with Crippen LogP contribution in [0.25, 0.3) is 0 Å². The first-order valence-corrected chi connectivity index (χ1v) is 8.23. The molecule has 0 saturated heterocycles. The van der Waals surface area contributed by atoms with Crippen LogP contribution in [-0.2, 0) is 19.4 Å². The van der Waals surface area contributed by atoms with E-state index in [9.17, 15) is 0 Å². The van der Waals surface area contributed by atoms with E-state index in [1.165, 1.54) is 43.4 Å². The van der Waals surface area contributed by atoms with Crippen LogP contribution in [0.5, 0.6) is 0 Å². The molecule has 1 aliphatic rings. The van der Waals surface area contributed by atoms with Crippen LogP contribution < -0.4 is 10.6 Å². The Morgan fingerprint density at radius 1 is 1.11 bits per heavy atom. The van der Waals surface area contributed by atoms with Crippen LogP contribution in [-0.4, -0.2) is 19.6 Å². The van der Waals surface area contributed by atoms with Gasteiger partial charge in [0, 0.05) is 16.3 Å². The zero-order valence-electron chi connectivity index (χ0n) is 11.6. The van der Waals surface area contributed by atoms with Crippen molar-refractivity contribution in [1.82, 2.24) is 10.6 Å². The number of rotatable bonds is 8. The molecule has 0 saturated carbocycles. The monoisotopic (exact) mass is 266 g/mol. The predicted octanol–water partition coefficient (Wildman–Crippen LogP) is 3.11. The summed E-state index contributed by atoms with van der Waals surface area (Å²) in [6.07, 6.45) is 7.87. The van der Waals surface area contributed by atoms with Crippen molar-refractivity contribution in [3.63, 3.8) is 0 Å². The molecule has 3 heteroatoms. The van der Waals surface area contributed by atoms with Gasteiger partial charge in [-0.3, -0.25) is 0 Å². The molecule has 1 aromatic heterocycles. The van der Waals surface area contributed by atoms with Crippen molar-refractivity contribution in [3.8, 4) is 0 Å². The minimum atomic E-state index is 1.06. The second-order valence-corrected chi connectivity index (χ2v) is 6.37. The number of aryl methyl sites for hydroxylation is 2. The molecule has 2 nitrogen and oxygen atoms in total. The van der Waals surface area contributed by atoms with Crippen LogP contribution in [0.1, 0.15) is 47.9 Å². The SMILES string of the molecule is CCCNCCCNCc1cc2c(s1)CCCC2. The van der Waals surface area contributed by atoms with Crippen LogP contribution in [0, 0.1) is 0 Å². The van der Waals surface area contributed by atoms with E-state index in [2.05, 4.69) is 23.6 Å². The van der Waals surface area contributed by atoms with Crippen molar-refractivity contribution in [2.75, 3.05) is 19.6 Å². The second-order valence-electron chi connectivity index (χ2n) is 5.15. The van der Waals surface area contributed by atoms with Crippen LogP contribution >= 0.6 is 11.3 Å². The highest BCUT2D eigenvalue weighted by atomic mass is 32.1. The Morgan fingerprint density at radius 2 is 1.94 bits per heavy atom. The Morgan fingerprint density at radius 3 is 2.78 bits per heavy atom. The molecular formula is C15H26N2S. The number of hydrogen-bond donors (Lipinski definition) is 2. The topological polar surface area (TPSA) is 24.1 Å². The molecule has 0 radical (unpaired) electrons. The normalized spacial score (nSPS) is 14.7. The van der Waals surface area contributed by atoms with Gasteiger partial charge in [0.05, 0.1) is 0 Å². The number of fused-ring (bicyclic) bond motifs is 1. The summed E-state index contributed by atoms with van der Waals surface area (Å²) in [4.78, 5) is 3.19. The summed E-state index contributed by atoms with van der Waals surface area (Å²) in [5, 5.41) is 6.99. The number of nitrogens with one attached hydrogen (secondary N) is 2. The molecule has 0 fully saturated rings. The van der Waals surface area contributed by atoms with Crippen LogP contribution in [0.2, 0.25) is 0 Å². The van der Waals surface area contributed by atoms with Gasteiger partial charge in [-0.15, -0.1) is 11.3 Å². The van der Waals surface area contributed by atoms with Gasteiger partial charge < -0.3 is 10.6 Å². The molecular weight excluding hydrogens is 240 g/mol. The second kappa shape index (κ2) is 7.93. The van der Waals surface area contributed by atoms with Crippen LogP contribution in [0.15, 0.2) is 6.07 Å². The zero-order chi connectivity index (χ0) is 12.6. The van der Waals surface area contributed by atoms with E-state index in [1.54, 1.807) is 10.4 Å². The van der Waals surface area contributed by atoms with Gasteiger partial charge >= 0.3 is 0 Å². The molecule has 0 amide bonds. The molecule has 0 aliphatic heterocycles. The highest BCUT2D eigenvalue weighted by Crippen LogP contribution is 2.29. The van der Waals surface area contributed by atoms with Crippen molar-refractivity contribution in [1.29, 1.82) is 0 Å². The fraction of sp³-hybridized carbons (Fsp3) is 0.733.